The fourth-order valence-corrected chi connectivity index (χ4v) is 18.8. The Morgan fingerprint density at radius 1 is 0.171 bits per heavy atom. The Labute approximate surface area is 747 Å². The van der Waals surface area contributed by atoms with Crippen molar-refractivity contribution < 1.29 is 0 Å². The Balaban J connectivity index is 0.000000147. The van der Waals surface area contributed by atoms with E-state index in [1.165, 1.54) is 121 Å². The molecular formula is C119H84N10. The van der Waals surface area contributed by atoms with Crippen LogP contribution in [-0.2, 0) is 5.41 Å². The first-order valence-corrected chi connectivity index (χ1v) is 44.0. The van der Waals surface area contributed by atoms with Gasteiger partial charge in [-0.15, -0.1) is 0 Å². The first kappa shape index (κ1) is 77.0. The van der Waals surface area contributed by atoms with E-state index in [1.54, 1.807) is 0 Å². The molecule has 0 saturated carbocycles. The summed E-state index contributed by atoms with van der Waals surface area (Å²) in [7, 11) is 0. The Morgan fingerprint density at radius 3 is 0.814 bits per heavy atom. The topological polar surface area (TPSA) is 97.1 Å². The van der Waals surface area contributed by atoms with Crippen LogP contribution < -0.4 is 0 Å². The molecule has 0 aliphatic carbocycles. The molecule has 6 aromatic heterocycles. The quantitative estimate of drug-likeness (QED) is 0.108. The molecule has 129 heavy (non-hydrogen) atoms. The third kappa shape index (κ3) is 14.1. The zero-order chi connectivity index (χ0) is 86.2. The van der Waals surface area contributed by atoms with Crippen LogP contribution in [0.4, 0.5) is 0 Å². The molecule has 0 N–H and O–H groups in total. The molecule has 0 aliphatic heterocycles. The number of rotatable bonds is 14. The maximum atomic E-state index is 5.01. The fourth-order valence-electron chi connectivity index (χ4n) is 18.8. The van der Waals surface area contributed by atoms with Gasteiger partial charge in [-0.1, -0.05) is 336 Å². The van der Waals surface area contributed by atoms with Gasteiger partial charge in [0.2, 0.25) is 0 Å². The Morgan fingerprint density at radius 2 is 0.426 bits per heavy atom. The van der Waals surface area contributed by atoms with Crippen LogP contribution in [0.15, 0.2) is 437 Å². The first-order chi connectivity index (χ1) is 63.5. The van der Waals surface area contributed by atoms with Crippen molar-refractivity contribution in [3.05, 3.63) is 448 Å². The van der Waals surface area contributed by atoms with E-state index in [-0.39, 0.29) is 5.41 Å². The molecular weight excluding hydrogens is 1570 g/mol. The molecule has 0 radical (unpaired) electrons. The average Bonchev–Trinajstić information content (AvgIpc) is 1.60. The summed E-state index contributed by atoms with van der Waals surface area (Å²) in [6.45, 7) is 8.98. The summed E-state index contributed by atoms with van der Waals surface area (Å²) in [5.41, 5.74) is 31.6. The number of benzene rings is 18. The van der Waals surface area contributed by atoms with Gasteiger partial charge in [-0.2, -0.15) is 0 Å². The molecule has 0 amide bonds. The number of nitrogens with zero attached hydrogens (tertiary/aromatic N) is 10. The van der Waals surface area contributed by atoms with Gasteiger partial charge < -0.3 is 18.3 Å². The summed E-state index contributed by atoms with van der Waals surface area (Å²) in [6.07, 6.45) is 0. The lowest BCUT2D eigenvalue weighted by atomic mass is 9.87. The minimum Gasteiger partial charge on any atom is -0.309 e. The van der Waals surface area contributed by atoms with Gasteiger partial charge in [-0.3, -0.25) is 0 Å². The summed E-state index contributed by atoms with van der Waals surface area (Å²) >= 11 is 0. The highest BCUT2D eigenvalue weighted by molar-refractivity contribution is 6.14. The van der Waals surface area contributed by atoms with Crippen molar-refractivity contribution in [2.45, 2.75) is 33.1 Å². The lowest BCUT2D eigenvalue weighted by Gasteiger charge is -2.19. The van der Waals surface area contributed by atoms with E-state index in [0.717, 1.165) is 78.0 Å². The van der Waals surface area contributed by atoms with Crippen molar-refractivity contribution in [3.8, 4) is 136 Å². The van der Waals surface area contributed by atoms with Crippen LogP contribution in [0, 0.1) is 6.92 Å². The van der Waals surface area contributed by atoms with Crippen molar-refractivity contribution in [3.63, 3.8) is 0 Å². The molecule has 6 heterocycles. The number of para-hydroxylation sites is 5. The lowest BCUT2D eigenvalue weighted by Crippen LogP contribution is -2.10. The highest BCUT2D eigenvalue weighted by atomic mass is 15.1. The van der Waals surface area contributed by atoms with Crippen LogP contribution >= 0.6 is 0 Å². The summed E-state index contributed by atoms with van der Waals surface area (Å²) in [5.74, 6) is 3.87. The predicted octanol–water partition coefficient (Wildman–Crippen LogP) is 30.4. The molecule has 0 spiro atoms. The van der Waals surface area contributed by atoms with E-state index >= 15 is 0 Å². The molecule has 24 aromatic rings. The number of aromatic nitrogens is 10. The Hall–Kier alpha value is -16.8. The van der Waals surface area contributed by atoms with Gasteiger partial charge >= 0.3 is 0 Å². The summed E-state index contributed by atoms with van der Waals surface area (Å²) in [5, 5.41) is 9.84. The van der Waals surface area contributed by atoms with Crippen LogP contribution in [0.1, 0.15) is 31.9 Å². The summed E-state index contributed by atoms with van der Waals surface area (Å²) in [4.78, 5) is 29.8. The smallest absolute Gasteiger partial charge is 0.164 e. The maximum absolute atomic E-state index is 5.01. The fraction of sp³-hybridized carbons (Fsp3) is 0.0420. The van der Waals surface area contributed by atoms with Crippen LogP contribution in [0.3, 0.4) is 0 Å². The van der Waals surface area contributed by atoms with E-state index in [1.807, 2.05) is 121 Å². The number of fused-ring (bicyclic) bond motifs is 12. The van der Waals surface area contributed by atoms with Crippen LogP contribution in [0.25, 0.3) is 223 Å². The van der Waals surface area contributed by atoms with E-state index in [9.17, 15) is 0 Å². The number of hydrogen-bond acceptors (Lipinski definition) is 6. The van der Waals surface area contributed by atoms with Crippen molar-refractivity contribution in [1.29, 1.82) is 0 Å². The zero-order valence-electron chi connectivity index (χ0n) is 71.5. The lowest BCUT2D eigenvalue weighted by molar-refractivity contribution is 0.590. The third-order valence-corrected chi connectivity index (χ3v) is 25.3. The molecule has 10 nitrogen and oxygen atoms in total. The standard InChI is InChI=1S/C61H45N5.C58H39N5/c1-61(2,3)47-29-33-49(34-30-47)66-54-23-12-10-21-50(54)52-35-27-45(39-57(52)66)40-25-31-48(32-26-40)65-55-24-13-11-22-51(55)53-38-44(28-36-56(53)65)43-19-14-20-46(37-43)60-63-58(41-15-6-4-7-16-41)62-59(64-60)42-17-8-5-9-18-42;1-38-15-8-11-24-51(38)63-53-26-13-10-23-48(53)50-36-43(29-34-55(50)63)39-27-31-46(32-28-39)62-52-25-12-9-22-47(52)49-37-44(30-33-54(49)62)42-20-14-21-45(35-42)58-60-56(40-16-4-2-5-17-40)59-57(61-58)41-18-6-3-7-19-41/h4-39H,1-3H3;2-37H,1H3. The second-order valence-corrected chi connectivity index (χ2v) is 34.3. The van der Waals surface area contributed by atoms with Gasteiger partial charge in [-0.05, 0) is 189 Å². The van der Waals surface area contributed by atoms with Crippen molar-refractivity contribution in [2.24, 2.45) is 0 Å². The molecule has 0 aliphatic rings. The van der Waals surface area contributed by atoms with Gasteiger partial charge in [-0.25, -0.2) is 29.9 Å². The van der Waals surface area contributed by atoms with E-state index in [2.05, 4.69) is 361 Å². The van der Waals surface area contributed by atoms with Gasteiger partial charge in [0, 0.05) is 99.2 Å². The van der Waals surface area contributed by atoms with Crippen molar-refractivity contribution >= 4 is 87.2 Å². The second-order valence-electron chi connectivity index (χ2n) is 34.3. The maximum Gasteiger partial charge on any atom is 0.164 e. The van der Waals surface area contributed by atoms with Crippen LogP contribution in [-0.4, -0.2) is 48.2 Å². The second kappa shape index (κ2) is 32.1. The normalized spacial score (nSPS) is 11.7. The highest BCUT2D eigenvalue weighted by Gasteiger charge is 2.23. The molecule has 24 rings (SSSR count). The summed E-state index contributed by atoms with van der Waals surface area (Å²) < 4.78 is 9.58. The van der Waals surface area contributed by atoms with Crippen LogP contribution in [0.5, 0.6) is 0 Å². The predicted molar refractivity (Wildman–Crippen MR) is 535 cm³/mol. The molecule has 0 fully saturated rings. The molecule has 610 valence electrons. The minimum atomic E-state index is 0.0913. The first-order valence-electron chi connectivity index (χ1n) is 44.0. The molecule has 18 aromatic carbocycles. The van der Waals surface area contributed by atoms with Gasteiger partial charge in [0.05, 0.1) is 44.1 Å². The zero-order valence-corrected chi connectivity index (χ0v) is 71.5. The summed E-state index contributed by atoms with van der Waals surface area (Å²) in [6, 6.07) is 156. The van der Waals surface area contributed by atoms with E-state index in [0.29, 0.717) is 34.9 Å². The molecule has 0 unspecified atom stereocenters. The molecule has 10 heteroatoms. The minimum absolute atomic E-state index is 0.0913. The Bertz CT molecular complexity index is 8320. The number of hydrogen-bond donors (Lipinski definition) is 0. The largest absolute Gasteiger partial charge is 0.309 e. The van der Waals surface area contributed by atoms with Crippen molar-refractivity contribution in [1.82, 2.24) is 48.2 Å². The van der Waals surface area contributed by atoms with E-state index < -0.39 is 0 Å². The monoisotopic (exact) mass is 1650 g/mol. The Kier molecular flexibility index (Phi) is 19.1. The molecule has 0 saturated heterocycles. The highest BCUT2D eigenvalue weighted by Crippen LogP contribution is 2.44. The third-order valence-electron chi connectivity index (χ3n) is 25.3. The average molecular weight is 1650 g/mol. The van der Waals surface area contributed by atoms with Crippen LogP contribution in [0.2, 0.25) is 0 Å². The van der Waals surface area contributed by atoms with Gasteiger partial charge in [0.25, 0.3) is 0 Å². The SMILES string of the molecule is CC(C)(C)c1ccc(-n2c3ccccc3c3ccc(-c4ccc(-n5c6ccccc6c6cc(-c7cccc(-c8nc(-c9ccccc9)nc(-c9ccccc9)n8)c7)ccc65)cc4)cc32)cc1.Cc1ccccc1-n1c2ccccc2c2cc(-c3ccc(-n4c5ccccc5c5cc(-c6cccc(-c7nc(-c8ccccc8)nc(-c8ccccc8)n7)c6)ccc54)cc3)ccc21. The van der Waals surface area contributed by atoms with Crippen molar-refractivity contribution in [2.75, 3.05) is 0 Å². The van der Waals surface area contributed by atoms with E-state index in [4.69, 9.17) is 29.9 Å². The molecule has 0 bridgehead atoms. The van der Waals surface area contributed by atoms with Gasteiger partial charge in [0.1, 0.15) is 0 Å². The number of aryl methyl sites for hydroxylation is 1. The van der Waals surface area contributed by atoms with Gasteiger partial charge in [0.15, 0.2) is 34.9 Å². The molecule has 0 atom stereocenters.